The van der Waals surface area contributed by atoms with E-state index in [1.54, 1.807) is 57.3 Å². The molecule has 5 nitrogen and oxygen atoms in total. The van der Waals surface area contributed by atoms with Gasteiger partial charge in [-0.1, -0.05) is 24.1 Å². The maximum atomic E-state index is 13.4. The van der Waals surface area contributed by atoms with Gasteiger partial charge in [0, 0.05) is 23.6 Å². The number of halogens is 1. The zero-order valence-electron chi connectivity index (χ0n) is 19.0. The van der Waals surface area contributed by atoms with E-state index in [0.717, 1.165) is 11.1 Å². The van der Waals surface area contributed by atoms with Gasteiger partial charge in [-0.15, -0.1) is 6.42 Å². The fraction of sp³-hybridized carbons (Fsp3) is 0.143. The molecule has 0 aliphatic heterocycles. The Morgan fingerprint density at radius 3 is 2.29 bits per heavy atom. The highest BCUT2D eigenvalue weighted by Crippen LogP contribution is 2.36. The molecule has 0 atom stereocenters. The number of amides is 2. The molecule has 0 bridgehead atoms. The molecule has 0 saturated carbocycles. The van der Waals surface area contributed by atoms with Crippen molar-refractivity contribution in [3.05, 3.63) is 83.7 Å². The molecule has 0 fully saturated rings. The van der Waals surface area contributed by atoms with Gasteiger partial charge >= 0.3 is 0 Å². The molecule has 1 aromatic heterocycles. The summed E-state index contributed by atoms with van der Waals surface area (Å²) in [6.45, 7) is 3.50. The molecular formula is C28H23FN2O3. The highest BCUT2D eigenvalue weighted by Gasteiger charge is 2.22. The number of terminal acetylenes is 1. The van der Waals surface area contributed by atoms with Crippen LogP contribution in [0.5, 0.6) is 0 Å². The summed E-state index contributed by atoms with van der Waals surface area (Å²) >= 11 is 0. The van der Waals surface area contributed by atoms with Crippen LogP contribution >= 0.6 is 0 Å². The van der Waals surface area contributed by atoms with Crippen LogP contribution in [0.15, 0.2) is 71.1 Å². The number of fused-ring (bicyclic) bond motifs is 1. The Bertz CT molecular complexity index is 1440. The summed E-state index contributed by atoms with van der Waals surface area (Å²) in [7, 11) is 1.54. The zero-order chi connectivity index (χ0) is 24.5. The monoisotopic (exact) mass is 454 g/mol. The minimum atomic E-state index is -0.776. The Morgan fingerprint density at radius 2 is 1.62 bits per heavy atom. The van der Waals surface area contributed by atoms with E-state index in [0.29, 0.717) is 33.4 Å². The molecular weight excluding hydrogens is 431 g/mol. The third-order valence-electron chi connectivity index (χ3n) is 5.49. The number of nitrogens with one attached hydrogen (secondary N) is 2. The summed E-state index contributed by atoms with van der Waals surface area (Å²) in [5, 5.41) is 6.08. The van der Waals surface area contributed by atoms with Gasteiger partial charge in [-0.3, -0.25) is 9.59 Å². The standard InChI is InChI=1S/C28H23FN2O3/c1-5-28(2,3)31-26(32)20-8-6-7-18(15-20)19-11-14-23-22(16-19)24(27(33)30-4)25(34-23)17-9-12-21(29)13-10-17/h1,6-16H,2-4H3,(H,30,33)(H,31,32). The first kappa shape index (κ1) is 22.8. The van der Waals surface area contributed by atoms with Crippen LogP contribution in [0.4, 0.5) is 4.39 Å². The van der Waals surface area contributed by atoms with E-state index in [4.69, 9.17) is 10.8 Å². The molecule has 0 unspecified atom stereocenters. The van der Waals surface area contributed by atoms with E-state index < -0.39 is 5.54 Å². The van der Waals surface area contributed by atoms with Crippen molar-refractivity contribution in [2.75, 3.05) is 7.05 Å². The number of hydrogen-bond donors (Lipinski definition) is 2. The Morgan fingerprint density at radius 1 is 0.941 bits per heavy atom. The van der Waals surface area contributed by atoms with Crippen molar-refractivity contribution in [2.24, 2.45) is 0 Å². The third-order valence-corrected chi connectivity index (χ3v) is 5.49. The van der Waals surface area contributed by atoms with Crippen LogP contribution in [0.2, 0.25) is 0 Å². The largest absolute Gasteiger partial charge is 0.455 e. The van der Waals surface area contributed by atoms with E-state index in [2.05, 4.69) is 16.6 Å². The highest BCUT2D eigenvalue weighted by atomic mass is 19.1. The molecule has 0 saturated heterocycles. The molecule has 1 heterocycles. The molecule has 3 aromatic carbocycles. The third kappa shape index (κ3) is 4.41. The number of carbonyl (C=O) groups is 2. The second kappa shape index (κ2) is 8.87. The maximum absolute atomic E-state index is 13.4. The Balaban J connectivity index is 1.80. The zero-order valence-corrected chi connectivity index (χ0v) is 19.0. The van der Waals surface area contributed by atoms with E-state index in [-0.39, 0.29) is 17.6 Å². The van der Waals surface area contributed by atoms with Crippen molar-refractivity contribution < 1.29 is 18.4 Å². The lowest BCUT2D eigenvalue weighted by Gasteiger charge is -2.19. The van der Waals surface area contributed by atoms with Gasteiger partial charge < -0.3 is 15.1 Å². The van der Waals surface area contributed by atoms with Crippen LogP contribution in [0, 0.1) is 18.2 Å². The number of furan rings is 1. The van der Waals surface area contributed by atoms with Crippen molar-refractivity contribution in [3.63, 3.8) is 0 Å². The lowest BCUT2D eigenvalue weighted by atomic mass is 9.98. The predicted octanol–water partition coefficient (Wildman–Crippen LogP) is 5.41. The average Bonchev–Trinajstić information content (AvgIpc) is 3.22. The Hall–Kier alpha value is -4.37. The normalized spacial score (nSPS) is 11.1. The SMILES string of the molecule is C#CC(C)(C)NC(=O)c1cccc(-c2ccc3oc(-c4ccc(F)cc4)c(C(=O)NC)c3c2)c1. The Kier molecular flexibility index (Phi) is 5.95. The molecule has 0 aliphatic rings. The second-order valence-electron chi connectivity index (χ2n) is 8.41. The van der Waals surface area contributed by atoms with E-state index >= 15 is 0 Å². The van der Waals surface area contributed by atoms with E-state index in [9.17, 15) is 14.0 Å². The number of hydrogen-bond acceptors (Lipinski definition) is 3. The first-order valence-electron chi connectivity index (χ1n) is 10.7. The summed E-state index contributed by atoms with van der Waals surface area (Å²) < 4.78 is 19.4. The summed E-state index contributed by atoms with van der Waals surface area (Å²) in [5.41, 5.74) is 2.75. The average molecular weight is 455 g/mol. The molecule has 170 valence electrons. The van der Waals surface area contributed by atoms with Crippen LogP contribution in [0.1, 0.15) is 34.6 Å². The lowest BCUT2D eigenvalue weighted by Crippen LogP contribution is -2.42. The number of benzene rings is 3. The van der Waals surface area contributed by atoms with Crippen LogP contribution in [0.3, 0.4) is 0 Å². The van der Waals surface area contributed by atoms with Gasteiger partial charge in [-0.25, -0.2) is 4.39 Å². The summed E-state index contributed by atoms with van der Waals surface area (Å²) in [6, 6.07) is 18.4. The van der Waals surface area contributed by atoms with E-state index in [1.807, 2.05) is 18.2 Å². The summed E-state index contributed by atoms with van der Waals surface area (Å²) in [4.78, 5) is 25.5. The molecule has 6 heteroatoms. The first-order chi connectivity index (χ1) is 16.2. The lowest BCUT2D eigenvalue weighted by molar-refractivity contribution is 0.0928. The fourth-order valence-corrected chi connectivity index (χ4v) is 3.66. The molecule has 4 rings (SSSR count). The molecule has 34 heavy (non-hydrogen) atoms. The van der Waals surface area contributed by atoms with Gasteiger partial charge in [0.05, 0.1) is 11.1 Å². The smallest absolute Gasteiger partial charge is 0.255 e. The van der Waals surface area contributed by atoms with Crippen LogP contribution in [0.25, 0.3) is 33.4 Å². The molecule has 0 radical (unpaired) electrons. The fourth-order valence-electron chi connectivity index (χ4n) is 3.66. The first-order valence-corrected chi connectivity index (χ1v) is 10.7. The number of carbonyl (C=O) groups excluding carboxylic acids is 2. The summed E-state index contributed by atoms with van der Waals surface area (Å²) in [6.07, 6.45) is 5.48. The van der Waals surface area contributed by atoms with Gasteiger partial charge in [-0.2, -0.15) is 0 Å². The van der Waals surface area contributed by atoms with Crippen LogP contribution in [-0.2, 0) is 0 Å². The minimum absolute atomic E-state index is 0.279. The van der Waals surface area contributed by atoms with Gasteiger partial charge in [0.2, 0.25) is 0 Å². The minimum Gasteiger partial charge on any atom is -0.455 e. The second-order valence-corrected chi connectivity index (χ2v) is 8.41. The van der Waals surface area contributed by atoms with E-state index in [1.165, 1.54) is 12.1 Å². The van der Waals surface area contributed by atoms with Crippen LogP contribution in [-0.4, -0.2) is 24.4 Å². The van der Waals surface area contributed by atoms with Gasteiger partial charge in [-0.05, 0) is 73.5 Å². The van der Waals surface area contributed by atoms with Crippen molar-refractivity contribution >= 4 is 22.8 Å². The van der Waals surface area contributed by atoms with Gasteiger partial charge in [0.15, 0.2) is 0 Å². The van der Waals surface area contributed by atoms with Crippen molar-refractivity contribution in [1.29, 1.82) is 0 Å². The summed E-state index contributed by atoms with van der Waals surface area (Å²) in [5.74, 6) is 1.93. The topological polar surface area (TPSA) is 71.3 Å². The van der Waals surface area contributed by atoms with Crippen LogP contribution < -0.4 is 10.6 Å². The molecule has 2 N–H and O–H groups in total. The molecule has 4 aromatic rings. The predicted molar refractivity (Wildman–Crippen MR) is 131 cm³/mol. The molecule has 0 spiro atoms. The van der Waals surface area contributed by atoms with Crippen molar-refractivity contribution in [1.82, 2.24) is 10.6 Å². The molecule has 0 aliphatic carbocycles. The number of rotatable bonds is 5. The highest BCUT2D eigenvalue weighted by molar-refractivity contribution is 6.11. The van der Waals surface area contributed by atoms with Crippen molar-refractivity contribution in [3.8, 4) is 34.8 Å². The van der Waals surface area contributed by atoms with Gasteiger partial charge in [0.1, 0.15) is 17.2 Å². The van der Waals surface area contributed by atoms with Gasteiger partial charge in [0.25, 0.3) is 11.8 Å². The maximum Gasteiger partial charge on any atom is 0.255 e. The Labute approximate surface area is 197 Å². The molecule has 2 amide bonds. The van der Waals surface area contributed by atoms with Crippen molar-refractivity contribution in [2.45, 2.75) is 19.4 Å². The quantitative estimate of drug-likeness (QED) is 0.396.